The van der Waals surface area contributed by atoms with Crippen molar-refractivity contribution in [3.8, 4) is 0 Å². The molecule has 0 aliphatic carbocycles. The monoisotopic (exact) mass is 239 g/mol. The third-order valence-corrected chi connectivity index (χ3v) is 1.94. The Bertz CT molecular complexity index is 340. The Hall–Kier alpha value is -1.79. The maximum Gasteiger partial charge on any atom is 0.319 e. The number of aliphatic hydroxyl groups is 1. The van der Waals surface area contributed by atoms with E-state index in [1.165, 1.54) is 0 Å². The molecule has 5 N–H and O–H groups in total. The van der Waals surface area contributed by atoms with Crippen molar-refractivity contribution < 1.29 is 14.6 Å². The fourth-order valence-corrected chi connectivity index (χ4v) is 1.15. The van der Waals surface area contributed by atoms with Crippen LogP contribution in [-0.2, 0) is 4.74 Å². The standard InChI is InChI=1S/C11H17N3O3/c12-9-1-3-10(4-2-9)14-11(16)13-5-7-17-8-6-15/h1-4,15H,5-8,12H2,(H2,13,14,16). The lowest BCUT2D eigenvalue weighted by atomic mass is 10.3. The van der Waals surface area contributed by atoms with E-state index >= 15 is 0 Å². The molecule has 0 spiro atoms. The average molecular weight is 239 g/mol. The summed E-state index contributed by atoms with van der Waals surface area (Å²) in [6.45, 7) is 1.02. The molecule has 0 aliphatic heterocycles. The zero-order chi connectivity index (χ0) is 12.5. The smallest absolute Gasteiger partial charge is 0.319 e. The Morgan fingerprint density at radius 3 is 2.65 bits per heavy atom. The number of anilines is 2. The number of urea groups is 1. The van der Waals surface area contributed by atoms with Gasteiger partial charge in [-0.3, -0.25) is 0 Å². The molecular weight excluding hydrogens is 222 g/mol. The van der Waals surface area contributed by atoms with Gasteiger partial charge in [-0.2, -0.15) is 0 Å². The topological polar surface area (TPSA) is 96.6 Å². The van der Waals surface area contributed by atoms with Crippen molar-refractivity contribution in [3.63, 3.8) is 0 Å². The first-order chi connectivity index (χ1) is 8.22. The predicted molar refractivity (Wildman–Crippen MR) is 65.8 cm³/mol. The van der Waals surface area contributed by atoms with Crippen molar-refractivity contribution in [1.82, 2.24) is 5.32 Å². The summed E-state index contributed by atoms with van der Waals surface area (Å²) in [5.41, 5.74) is 6.84. The Morgan fingerprint density at radius 1 is 1.29 bits per heavy atom. The van der Waals surface area contributed by atoms with Gasteiger partial charge in [0.1, 0.15) is 0 Å². The van der Waals surface area contributed by atoms with Gasteiger partial charge < -0.3 is 26.2 Å². The second-order valence-electron chi connectivity index (χ2n) is 3.34. The van der Waals surface area contributed by atoms with Crippen molar-refractivity contribution in [2.45, 2.75) is 0 Å². The molecule has 0 bridgehead atoms. The summed E-state index contributed by atoms with van der Waals surface area (Å²) in [5.74, 6) is 0. The zero-order valence-corrected chi connectivity index (χ0v) is 9.48. The molecule has 0 radical (unpaired) electrons. The number of hydrogen-bond acceptors (Lipinski definition) is 4. The number of nitrogens with two attached hydrogens (primary N) is 1. The fraction of sp³-hybridized carbons (Fsp3) is 0.364. The first-order valence-corrected chi connectivity index (χ1v) is 5.31. The minimum Gasteiger partial charge on any atom is -0.399 e. The predicted octanol–water partition coefficient (Wildman–Crippen LogP) is 0.399. The van der Waals surface area contributed by atoms with E-state index in [1.807, 2.05) is 0 Å². The molecule has 6 heteroatoms. The zero-order valence-electron chi connectivity index (χ0n) is 9.48. The number of carbonyl (C=O) groups is 1. The molecule has 0 heterocycles. The van der Waals surface area contributed by atoms with Gasteiger partial charge in [0.15, 0.2) is 0 Å². The van der Waals surface area contributed by atoms with Gasteiger partial charge in [0, 0.05) is 17.9 Å². The lowest BCUT2D eigenvalue weighted by molar-refractivity contribution is 0.0950. The van der Waals surface area contributed by atoms with Crippen molar-refractivity contribution in [2.24, 2.45) is 0 Å². The number of ether oxygens (including phenoxy) is 1. The molecule has 1 aromatic rings. The normalized spacial score (nSPS) is 9.94. The van der Waals surface area contributed by atoms with E-state index in [1.54, 1.807) is 24.3 Å². The molecule has 0 saturated carbocycles. The first-order valence-electron chi connectivity index (χ1n) is 5.31. The number of nitrogen functional groups attached to an aromatic ring is 1. The van der Waals surface area contributed by atoms with E-state index in [4.69, 9.17) is 15.6 Å². The summed E-state index contributed by atoms with van der Waals surface area (Å²) >= 11 is 0. The minimum atomic E-state index is -0.303. The van der Waals surface area contributed by atoms with E-state index in [0.29, 0.717) is 24.5 Å². The van der Waals surface area contributed by atoms with Crippen molar-refractivity contribution in [1.29, 1.82) is 0 Å². The Labute approximate surface area is 99.8 Å². The lowest BCUT2D eigenvalue weighted by Crippen LogP contribution is -2.31. The Kier molecular flexibility index (Phi) is 5.84. The van der Waals surface area contributed by atoms with Crippen LogP contribution in [-0.4, -0.2) is 37.5 Å². The number of aliphatic hydroxyl groups excluding tert-OH is 1. The molecule has 0 atom stereocenters. The van der Waals surface area contributed by atoms with Gasteiger partial charge in [-0.05, 0) is 24.3 Å². The van der Waals surface area contributed by atoms with Gasteiger partial charge in [-0.1, -0.05) is 0 Å². The van der Waals surface area contributed by atoms with Crippen LogP contribution in [0.15, 0.2) is 24.3 Å². The van der Waals surface area contributed by atoms with Crippen LogP contribution in [0.2, 0.25) is 0 Å². The van der Waals surface area contributed by atoms with Gasteiger partial charge in [-0.15, -0.1) is 0 Å². The second kappa shape index (κ2) is 7.48. The van der Waals surface area contributed by atoms with Gasteiger partial charge in [0.05, 0.1) is 19.8 Å². The maximum absolute atomic E-state index is 11.4. The molecule has 6 nitrogen and oxygen atoms in total. The highest BCUT2D eigenvalue weighted by Crippen LogP contribution is 2.09. The summed E-state index contributed by atoms with van der Waals surface area (Å²) in [6.07, 6.45) is 0. The van der Waals surface area contributed by atoms with Gasteiger partial charge in [0.2, 0.25) is 0 Å². The van der Waals surface area contributed by atoms with Crippen LogP contribution in [0.3, 0.4) is 0 Å². The summed E-state index contributed by atoms with van der Waals surface area (Å²) in [5, 5.41) is 13.7. The van der Waals surface area contributed by atoms with Crippen LogP contribution in [0.4, 0.5) is 16.2 Å². The first kappa shape index (κ1) is 13.3. The molecule has 0 saturated heterocycles. The van der Waals surface area contributed by atoms with Crippen molar-refractivity contribution in [2.75, 3.05) is 37.4 Å². The van der Waals surface area contributed by atoms with Crippen molar-refractivity contribution >= 4 is 17.4 Å². The van der Waals surface area contributed by atoms with Gasteiger partial charge in [-0.25, -0.2) is 4.79 Å². The van der Waals surface area contributed by atoms with Crippen molar-refractivity contribution in [3.05, 3.63) is 24.3 Å². The van der Waals surface area contributed by atoms with E-state index < -0.39 is 0 Å². The highest BCUT2D eigenvalue weighted by atomic mass is 16.5. The molecular formula is C11H17N3O3. The highest BCUT2D eigenvalue weighted by Gasteiger charge is 2.00. The SMILES string of the molecule is Nc1ccc(NC(=O)NCCOCCO)cc1. The van der Waals surface area contributed by atoms with Crippen LogP contribution in [0, 0.1) is 0 Å². The molecule has 1 rings (SSSR count). The third kappa shape index (κ3) is 5.74. The molecule has 0 aliphatic rings. The molecule has 0 aromatic heterocycles. The van der Waals surface area contributed by atoms with Gasteiger partial charge >= 0.3 is 6.03 Å². The summed E-state index contributed by atoms with van der Waals surface area (Å²) in [7, 11) is 0. The van der Waals surface area contributed by atoms with Crippen LogP contribution in [0.1, 0.15) is 0 Å². The molecule has 94 valence electrons. The molecule has 17 heavy (non-hydrogen) atoms. The van der Waals surface area contributed by atoms with E-state index in [2.05, 4.69) is 10.6 Å². The average Bonchev–Trinajstić information content (AvgIpc) is 2.32. The highest BCUT2D eigenvalue weighted by molar-refractivity contribution is 5.89. The number of rotatable bonds is 6. The summed E-state index contributed by atoms with van der Waals surface area (Å²) in [6, 6.07) is 6.55. The van der Waals surface area contributed by atoms with Crippen LogP contribution >= 0.6 is 0 Å². The van der Waals surface area contributed by atoms with E-state index in [9.17, 15) is 4.79 Å². The number of carbonyl (C=O) groups excluding carboxylic acids is 1. The Morgan fingerprint density at radius 2 is 2.00 bits per heavy atom. The Balaban J connectivity index is 2.18. The third-order valence-electron chi connectivity index (χ3n) is 1.94. The van der Waals surface area contributed by atoms with Crippen LogP contribution in [0.25, 0.3) is 0 Å². The summed E-state index contributed by atoms with van der Waals surface area (Å²) < 4.78 is 4.99. The quantitative estimate of drug-likeness (QED) is 0.426. The lowest BCUT2D eigenvalue weighted by Gasteiger charge is -2.07. The van der Waals surface area contributed by atoms with Gasteiger partial charge in [0.25, 0.3) is 0 Å². The maximum atomic E-state index is 11.4. The van der Waals surface area contributed by atoms with E-state index in [-0.39, 0.29) is 19.2 Å². The molecule has 0 fully saturated rings. The van der Waals surface area contributed by atoms with E-state index in [0.717, 1.165) is 0 Å². The number of hydrogen-bond donors (Lipinski definition) is 4. The van der Waals surface area contributed by atoms with Crippen LogP contribution < -0.4 is 16.4 Å². The molecule has 0 unspecified atom stereocenters. The largest absolute Gasteiger partial charge is 0.399 e. The summed E-state index contributed by atoms with van der Waals surface area (Å²) in [4.78, 5) is 11.4. The van der Waals surface area contributed by atoms with Crippen LogP contribution in [0.5, 0.6) is 0 Å². The number of amides is 2. The molecule has 1 aromatic carbocycles. The molecule has 2 amide bonds. The fourth-order valence-electron chi connectivity index (χ4n) is 1.15. The number of benzene rings is 1. The number of nitrogens with one attached hydrogen (secondary N) is 2. The second-order valence-corrected chi connectivity index (χ2v) is 3.34. The minimum absolute atomic E-state index is 0.0162.